The Labute approximate surface area is 193 Å². The van der Waals surface area contributed by atoms with E-state index in [0.29, 0.717) is 44.0 Å². The Kier molecular flexibility index (Phi) is 8.69. The van der Waals surface area contributed by atoms with Crippen LogP contribution in [0.25, 0.3) is 0 Å². The van der Waals surface area contributed by atoms with Crippen molar-refractivity contribution in [2.45, 2.75) is 19.3 Å². The molecule has 1 aliphatic heterocycles. The number of esters is 1. The first-order valence-corrected chi connectivity index (χ1v) is 11.0. The molecule has 1 saturated heterocycles. The Morgan fingerprint density at radius 3 is 2.48 bits per heavy atom. The van der Waals surface area contributed by atoms with Gasteiger partial charge in [-0.15, -0.1) is 0 Å². The minimum absolute atomic E-state index is 0.0928. The van der Waals surface area contributed by atoms with Crippen LogP contribution in [-0.2, 0) is 32.0 Å². The zero-order chi connectivity index (χ0) is 23.6. The molecule has 1 atom stereocenters. The van der Waals surface area contributed by atoms with Gasteiger partial charge in [-0.3, -0.25) is 14.4 Å². The molecule has 0 spiro atoms. The summed E-state index contributed by atoms with van der Waals surface area (Å²) in [5, 5.41) is 2.74. The summed E-state index contributed by atoms with van der Waals surface area (Å²) in [6, 6.07) is 15.4. The summed E-state index contributed by atoms with van der Waals surface area (Å²) in [5.74, 6) is -0.245. The smallest absolute Gasteiger partial charge is 0.311 e. The van der Waals surface area contributed by atoms with Crippen LogP contribution in [0.15, 0.2) is 48.5 Å². The summed E-state index contributed by atoms with van der Waals surface area (Å²) in [7, 11) is 3.15. The highest BCUT2D eigenvalue weighted by Crippen LogP contribution is 2.28. The van der Waals surface area contributed by atoms with E-state index in [0.717, 1.165) is 11.1 Å². The third-order valence-corrected chi connectivity index (χ3v) is 5.59. The van der Waals surface area contributed by atoms with Crippen molar-refractivity contribution in [1.29, 1.82) is 0 Å². The van der Waals surface area contributed by atoms with Gasteiger partial charge in [-0.2, -0.15) is 0 Å². The lowest BCUT2D eigenvalue weighted by molar-refractivity contribution is -0.152. The predicted molar refractivity (Wildman–Crippen MR) is 122 cm³/mol. The van der Waals surface area contributed by atoms with Gasteiger partial charge in [-0.1, -0.05) is 36.4 Å². The number of nitrogens with one attached hydrogen (secondary N) is 1. The molecule has 1 N–H and O–H groups in total. The molecule has 2 aromatic rings. The number of amides is 2. The number of nitrogens with zero attached hydrogens (tertiary/aromatic N) is 1. The van der Waals surface area contributed by atoms with E-state index < -0.39 is 11.9 Å². The quantitative estimate of drug-likeness (QED) is 0.522. The number of hydrogen-bond acceptors (Lipinski definition) is 6. The van der Waals surface area contributed by atoms with E-state index in [1.54, 1.807) is 19.1 Å². The van der Waals surface area contributed by atoms with E-state index in [2.05, 4.69) is 5.32 Å². The van der Waals surface area contributed by atoms with Crippen molar-refractivity contribution >= 4 is 17.8 Å². The Hall–Kier alpha value is -3.55. The average Bonchev–Trinajstić information content (AvgIpc) is 3.22. The molecule has 1 fully saturated rings. The second-order valence-electron chi connectivity index (χ2n) is 7.87. The molecule has 176 valence electrons. The van der Waals surface area contributed by atoms with Crippen molar-refractivity contribution in [3.05, 3.63) is 59.7 Å². The summed E-state index contributed by atoms with van der Waals surface area (Å²) in [5.41, 5.74) is 2.12. The molecule has 1 heterocycles. The third-order valence-electron chi connectivity index (χ3n) is 5.59. The second-order valence-corrected chi connectivity index (χ2v) is 7.87. The van der Waals surface area contributed by atoms with Crippen LogP contribution in [0.5, 0.6) is 11.5 Å². The molecule has 2 amide bonds. The van der Waals surface area contributed by atoms with Gasteiger partial charge in [0.05, 0.1) is 20.1 Å². The first kappa shape index (κ1) is 24.1. The first-order chi connectivity index (χ1) is 16.0. The maximum absolute atomic E-state index is 12.4. The van der Waals surface area contributed by atoms with Gasteiger partial charge in [-0.25, -0.2) is 0 Å². The molecule has 0 unspecified atom stereocenters. The van der Waals surface area contributed by atoms with E-state index >= 15 is 0 Å². The Bertz CT molecular complexity index is 963. The van der Waals surface area contributed by atoms with Crippen LogP contribution < -0.4 is 14.8 Å². The van der Waals surface area contributed by atoms with Crippen LogP contribution in [0, 0.1) is 5.92 Å². The molecule has 8 heteroatoms. The SMILES string of the molecule is COc1ccc(CCN2C[C@H](C(=O)OCC(=O)NCCc3ccccc3)CC2=O)cc1OC. The van der Waals surface area contributed by atoms with Crippen molar-refractivity contribution in [1.82, 2.24) is 10.2 Å². The lowest BCUT2D eigenvalue weighted by Crippen LogP contribution is -2.32. The molecule has 33 heavy (non-hydrogen) atoms. The van der Waals surface area contributed by atoms with Gasteiger partial charge >= 0.3 is 5.97 Å². The first-order valence-electron chi connectivity index (χ1n) is 11.0. The number of methoxy groups -OCH3 is 2. The van der Waals surface area contributed by atoms with Gasteiger partial charge in [0, 0.05) is 26.1 Å². The maximum Gasteiger partial charge on any atom is 0.311 e. The number of hydrogen-bond donors (Lipinski definition) is 1. The molecular formula is C25H30N2O6. The van der Waals surface area contributed by atoms with Crippen molar-refractivity contribution in [3.8, 4) is 11.5 Å². The number of likely N-dealkylation sites (tertiary alicyclic amines) is 1. The van der Waals surface area contributed by atoms with Gasteiger partial charge < -0.3 is 24.4 Å². The monoisotopic (exact) mass is 454 g/mol. The van der Waals surface area contributed by atoms with E-state index in [1.807, 2.05) is 48.5 Å². The maximum atomic E-state index is 12.4. The van der Waals surface area contributed by atoms with E-state index in [1.165, 1.54) is 0 Å². The number of ether oxygens (including phenoxy) is 3. The van der Waals surface area contributed by atoms with Crippen LogP contribution in [-0.4, -0.2) is 63.1 Å². The van der Waals surface area contributed by atoms with E-state index in [4.69, 9.17) is 14.2 Å². The highest BCUT2D eigenvalue weighted by molar-refractivity contribution is 5.88. The minimum atomic E-state index is -0.556. The van der Waals surface area contributed by atoms with Crippen LogP contribution >= 0.6 is 0 Å². The van der Waals surface area contributed by atoms with Gasteiger partial charge in [0.15, 0.2) is 18.1 Å². The minimum Gasteiger partial charge on any atom is -0.493 e. The zero-order valence-corrected chi connectivity index (χ0v) is 19.0. The summed E-state index contributed by atoms with van der Waals surface area (Å²) in [6.45, 7) is 0.898. The van der Waals surface area contributed by atoms with Crippen LogP contribution in [0.4, 0.5) is 0 Å². The zero-order valence-electron chi connectivity index (χ0n) is 19.0. The predicted octanol–water partition coefficient (Wildman–Crippen LogP) is 2.00. The fraction of sp³-hybridized carbons (Fsp3) is 0.400. The topological polar surface area (TPSA) is 94.2 Å². The van der Waals surface area contributed by atoms with Crippen LogP contribution in [0.3, 0.4) is 0 Å². The Morgan fingerprint density at radius 1 is 1.00 bits per heavy atom. The fourth-order valence-corrected chi connectivity index (χ4v) is 3.74. The normalized spacial score (nSPS) is 15.3. The highest BCUT2D eigenvalue weighted by atomic mass is 16.5. The molecular weight excluding hydrogens is 424 g/mol. The number of carbonyl (C=O) groups excluding carboxylic acids is 3. The van der Waals surface area contributed by atoms with Crippen molar-refractivity contribution in [3.63, 3.8) is 0 Å². The van der Waals surface area contributed by atoms with Gasteiger partial charge in [-0.05, 0) is 36.1 Å². The van der Waals surface area contributed by atoms with E-state index in [-0.39, 0.29) is 24.8 Å². The number of rotatable bonds is 11. The molecule has 0 saturated carbocycles. The lowest BCUT2D eigenvalue weighted by atomic mass is 10.1. The summed E-state index contributed by atoms with van der Waals surface area (Å²) in [6.07, 6.45) is 1.42. The number of carbonyl (C=O) groups is 3. The lowest BCUT2D eigenvalue weighted by Gasteiger charge is -2.17. The Morgan fingerprint density at radius 2 is 1.76 bits per heavy atom. The van der Waals surface area contributed by atoms with Crippen molar-refractivity contribution in [2.24, 2.45) is 5.92 Å². The summed E-state index contributed by atoms with van der Waals surface area (Å²) >= 11 is 0. The van der Waals surface area contributed by atoms with Crippen LogP contribution in [0.1, 0.15) is 17.5 Å². The van der Waals surface area contributed by atoms with Crippen molar-refractivity contribution < 1.29 is 28.6 Å². The molecule has 8 nitrogen and oxygen atoms in total. The van der Waals surface area contributed by atoms with Crippen LogP contribution in [0.2, 0.25) is 0 Å². The second kappa shape index (κ2) is 11.9. The highest BCUT2D eigenvalue weighted by Gasteiger charge is 2.35. The fourth-order valence-electron chi connectivity index (χ4n) is 3.74. The Balaban J connectivity index is 1.39. The number of benzene rings is 2. The summed E-state index contributed by atoms with van der Waals surface area (Å²) < 4.78 is 15.7. The van der Waals surface area contributed by atoms with Gasteiger partial charge in [0.25, 0.3) is 5.91 Å². The molecule has 0 bridgehead atoms. The van der Waals surface area contributed by atoms with Crippen molar-refractivity contribution in [2.75, 3.05) is 40.5 Å². The largest absolute Gasteiger partial charge is 0.493 e. The summed E-state index contributed by atoms with van der Waals surface area (Å²) in [4.78, 5) is 38.3. The molecule has 3 rings (SSSR count). The van der Waals surface area contributed by atoms with Gasteiger partial charge in [0.1, 0.15) is 0 Å². The third kappa shape index (κ3) is 6.97. The standard InChI is InChI=1S/C25H30N2O6/c1-31-21-9-8-19(14-22(21)32-2)11-13-27-16-20(15-24(27)29)25(30)33-17-23(28)26-12-10-18-6-4-3-5-7-18/h3-9,14,20H,10-13,15-17H2,1-2H3,(H,26,28)/t20-/m1/s1. The molecule has 0 aromatic heterocycles. The van der Waals surface area contributed by atoms with Gasteiger partial charge in [0.2, 0.25) is 5.91 Å². The molecule has 1 aliphatic rings. The van der Waals surface area contributed by atoms with E-state index in [9.17, 15) is 14.4 Å². The molecule has 2 aromatic carbocycles. The average molecular weight is 455 g/mol. The molecule has 0 radical (unpaired) electrons. The molecule has 0 aliphatic carbocycles.